The van der Waals surface area contributed by atoms with Gasteiger partial charge < -0.3 is 4.74 Å². The van der Waals surface area contributed by atoms with Gasteiger partial charge in [0.15, 0.2) is 0 Å². The molecular formula is C14H14F6O4S. The molecule has 0 heterocycles. The fourth-order valence-corrected chi connectivity index (χ4v) is 2.43. The first-order valence-electron chi connectivity index (χ1n) is 6.86. The number of alkyl halides is 4. The van der Waals surface area contributed by atoms with Crippen LogP contribution in [0, 0.1) is 11.6 Å². The van der Waals surface area contributed by atoms with E-state index >= 15 is 0 Å². The number of ether oxygens (including phenoxy) is 1. The van der Waals surface area contributed by atoms with E-state index in [1.165, 1.54) is 0 Å². The van der Waals surface area contributed by atoms with Crippen LogP contribution in [0.15, 0.2) is 18.2 Å². The summed E-state index contributed by atoms with van der Waals surface area (Å²) in [5, 5.41) is -5.21. The molecule has 0 saturated heterocycles. The quantitative estimate of drug-likeness (QED) is 0.386. The number of sulfone groups is 1. The van der Waals surface area contributed by atoms with Crippen LogP contribution in [0.4, 0.5) is 26.3 Å². The van der Waals surface area contributed by atoms with E-state index in [9.17, 15) is 39.6 Å². The third-order valence-electron chi connectivity index (χ3n) is 3.11. The van der Waals surface area contributed by atoms with Crippen LogP contribution in [0.3, 0.4) is 0 Å². The molecule has 0 amide bonds. The Morgan fingerprint density at radius 3 is 2.04 bits per heavy atom. The molecule has 25 heavy (non-hydrogen) atoms. The lowest BCUT2D eigenvalue weighted by Crippen LogP contribution is -2.46. The Labute approximate surface area is 139 Å². The predicted octanol–water partition coefficient (Wildman–Crippen LogP) is 3.56. The van der Waals surface area contributed by atoms with Gasteiger partial charge in [-0.15, -0.1) is 0 Å². The minimum Gasteiger partial charge on any atom is -0.462 e. The van der Waals surface area contributed by atoms with Crippen molar-refractivity contribution < 1.29 is 44.3 Å². The lowest BCUT2D eigenvalue weighted by atomic mass is 10.1. The monoisotopic (exact) mass is 392 g/mol. The van der Waals surface area contributed by atoms with Gasteiger partial charge in [0.2, 0.25) is 9.84 Å². The second-order valence-corrected chi connectivity index (χ2v) is 7.30. The molecule has 0 aliphatic carbocycles. The first-order chi connectivity index (χ1) is 11.3. The number of hydrogen-bond acceptors (Lipinski definition) is 4. The summed E-state index contributed by atoms with van der Waals surface area (Å²) in [6.07, 6.45) is -2.29. The summed E-state index contributed by atoms with van der Waals surface area (Å²) in [7, 11) is -5.30. The van der Waals surface area contributed by atoms with Crippen LogP contribution in [0.25, 0.3) is 0 Å². The normalized spacial score (nSPS) is 12.9. The third kappa shape index (κ3) is 5.35. The summed E-state index contributed by atoms with van der Waals surface area (Å²) in [5.74, 6) is -7.94. The van der Waals surface area contributed by atoms with Crippen molar-refractivity contribution in [1.82, 2.24) is 0 Å². The molecule has 1 aromatic carbocycles. The van der Waals surface area contributed by atoms with Gasteiger partial charge in [0.05, 0.1) is 12.2 Å². The molecule has 4 nitrogen and oxygen atoms in total. The Morgan fingerprint density at radius 1 is 1.04 bits per heavy atom. The van der Waals surface area contributed by atoms with Gasteiger partial charge in [-0.05, 0) is 25.0 Å². The zero-order valence-electron chi connectivity index (χ0n) is 12.9. The maximum atomic E-state index is 13.3. The van der Waals surface area contributed by atoms with Gasteiger partial charge in [-0.2, -0.15) is 17.6 Å². The number of hydrogen-bond donors (Lipinski definition) is 0. The molecule has 0 atom stereocenters. The lowest BCUT2D eigenvalue weighted by Gasteiger charge is -2.24. The maximum Gasteiger partial charge on any atom is 0.406 e. The molecule has 0 aromatic heterocycles. The van der Waals surface area contributed by atoms with Crippen LogP contribution in [0.2, 0.25) is 0 Å². The SMILES string of the molecule is CS(=O)(=O)C(F)(F)C(F)(F)CCCCOC(=O)c1cc(F)cc(F)c1. The van der Waals surface area contributed by atoms with E-state index in [2.05, 4.69) is 4.74 Å². The van der Waals surface area contributed by atoms with Gasteiger partial charge in [-0.3, -0.25) is 0 Å². The number of benzene rings is 1. The Hall–Kier alpha value is -1.78. The van der Waals surface area contributed by atoms with Gasteiger partial charge in [0.1, 0.15) is 11.6 Å². The van der Waals surface area contributed by atoms with Crippen molar-refractivity contribution in [3.63, 3.8) is 0 Å². The molecule has 0 bridgehead atoms. The van der Waals surface area contributed by atoms with Crippen LogP contribution in [-0.2, 0) is 14.6 Å². The summed E-state index contributed by atoms with van der Waals surface area (Å²) >= 11 is 0. The summed E-state index contributed by atoms with van der Waals surface area (Å²) in [6, 6.07) is 1.93. The largest absolute Gasteiger partial charge is 0.462 e. The van der Waals surface area contributed by atoms with Gasteiger partial charge >= 0.3 is 17.1 Å². The molecule has 0 spiro atoms. The predicted molar refractivity (Wildman–Crippen MR) is 75.2 cm³/mol. The molecule has 0 aliphatic heterocycles. The average molecular weight is 392 g/mol. The van der Waals surface area contributed by atoms with Crippen molar-refractivity contribution in [2.45, 2.75) is 30.4 Å². The van der Waals surface area contributed by atoms with Crippen molar-refractivity contribution in [1.29, 1.82) is 0 Å². The van der Waals surface area contributed by atoms with E-state index in [0.717, 1.165) is 0 Å². The first-order valence-corrected chi connectivity index (χ1v) is 8.75. The second-order valence-electron chi connectivity index (χ2n) is 5.24. The lowest BCUT2D eigenvalue weighted by molar-refractivity contribution is -0.161. The summed E-state index contributed by atoms with van der Waals surface area (Å²) in [6.45, 7) is -0.475. The molecule has 0 radical (unpaired) electrons. The van der Waals surface area contributed by atoms with E-state index < -0.39 is 63.6 Å². The molecular weight excluding hydrogens is 378 g/mol. The summed E-state index contributed by atoms with van der Waals surface area (Å²) < 4.78 is 105. The fourth-order valence-electron chi connectivity index (χ4n) is 1.79. The highest BCUT2D eigenvalue weighted by Gasteiger charge is 2.62. The van der Waals surface area contributed by atoms with E-state index in [-0.39, 0.29) is 12.7 Å². The zero-order valence-corrected chi connectivity index (χ0v) is 13.7. The molecule has 11 heteroatoms. The fraction of sp³-hybridized carbons (Fsp3) is 0.500. The molecule has 0 N–H and O–H groups in total. The highest BCUT2D eigenvalue weighted by molar-refractivity contribution is 7.91. The minimum absolute atomic E-state index is 0.000804. The zero-order chi connectivity index (χ0) is 19.5. The van der Waals surface area contributed by atoms with Crippen molar-refractivity contribution in [2.24, 2.45) is 0 Å². The molecule has 1 rings (SSSR count). The Kier molecular flexibility index (Phi) is 6.49. The topological polar surface area (TPSA) is 60.4 Å². The van der Waals surface area contributed by atoms with E-state index in [1.54, 1.807) is 0 Å². The van der Waals surface area contributed by atoms with Crippen LogP contribution >= 0.6 is 0 Å². The first kappa shape index (κ1) is 21.3. The van der Waals surface area contributed by atoms with Gasteiger partial charge in [0, 0.05) is 18.7 Å². The van der Waals surface area contributed by atoms with Crippen LogP contribution < -0.4 is 0 Å². The second kappa shape index (κ2) is 7.63. The Balaban J connectivity index is 2.50. The standard InChI is InChI=1S/C14H14F6O4S/c1-25(22,23)14(19,20)13(17,18)4-2-3-5-24-12(21)9-6-10(15)8-11(16)7-9/h6-8H,2-5H2,1H3. The van der Waals surface area contributed by atoms with Gasteiger partial charge in [-0.25, -0.2) is 22.0 Å². The highest BCUT2D eigenvalue weighted by Crippen LogP contribution is 2.41. The third-order valence-corrected chi connectivity index (χ3v) is 4.34. The van der Waals surface area contributed by atoms with Crippen molar-refractivity contribution >= 4 is 15.8 Å². The molecule has 1 aromatic rings. The molecule has 0 fully saturated rings. The van der Waals surface area contributed by atoms with Crippen LogP contribution in [0.5, 0.6) is 0 Å². The molecule has 142 valence electrons. The van der Waals surface area contributed by atoms with E-state index in [1.807, 2.05) is 0 Å². The Bertz CT molecular complexity index is 713. The number of unbranched alkanes of at least 4 members (excludes halogenated alkanes) is 1. The number of halogens is 6. The smallest absolute Gasteiger partial charge is 0.406 e. The highest BCUT2D eigenvalue weighted by atomic mass is 32.2. The van der Waals surface area contributed by atoms with Gasteiger partial charge in [0.25, 0.3) is 0 Å². The van der Waals surface area contributed by atoms with Crippen molar-refractivity contribution in [2.75, 3.05) is 12.9 Å². The van der Waals surface area contributed by atoms with Gasteiger partial charge in [-0.1, -0.05) is 0 Å². The number of esters is 1. The average Bonchev–Trinajstić information content (AvgIpc) is 2.44. The molecule has 0 aliphatic rings. The molecule has 0 saturated carbocycles. The van der Waals surface area contributed by atoms with Crippen LogP contribution in [0.1, 0.15) is 29.6 Å². The number of carbonyl (C=O) groups is 1. The Morgan fingerprint density at radius 2 is 1.56 bits per heavy atom. The number of rotatable bonds is 8. The minimum atomic E-state index is -5.30. The van der Waals surface area contributed by atoms with Crippen molar-refractivity contribution in [3.05, 3.63) is 35.4 Å². The van der Waals surface area contributed by atoms with E-state index in [0.29, 0.717) is 18.2 Å². The summed E-state index contributed by atoms with van der Waals surface area (Å²) in [5.41, 5.74) is -0.438. The maximum absolute atomic E-state index is 13.3. The van der Waals surface area contributed by atoms with E-state index in [4.69, 9.17) is 0 Å². The summed E-state index contributed by atoms with van der Waals surface area (Å²) in [4.78, 5) is 11.5. The van der Waals surface area contributed by atoms with Crippen LogP contribution in [-0.4, -0.2) is 38.4 Å². The molecule has 0 unspecified atom stereocenters. The van der Waals surface area contributed by atoms with Crippen molar-refractivity contribution in [3.8, 4) is 0 Å². The number of carbonyl (C=O) groups excluding carboxylic acids is 1.